The minimum absolute atomic E-state index is 0.310. The van der Waals surface area contributed by atoms with Crippen LogP contribution in [0.4, 0.5) is 5.69 Å². The molecule has 20 heavy (non-hydrogen) atoms. The second kappa shape index (κ2) is 7.65. The van der Waals surface area contributed by atoms with Gasteiger partial charge in [0.25, 0.3) is 0 Å². The molecule has 3 heteroatoms. The van der Waals surface area contributed by atoms with Gasteiger partial charge in [0.15, 0.2) is 0 Å². The maximum Gasteiger partial charge on any atom is 0.0431 e. The number of aryl methyl sites for hydroxylation is 1. The molecular weight excluding hydrogens is 248 g/mol. The monoisotopic (exact) mass is 276 g/mol. The number of anilines is 1. The Labute approximate surface area is 123 Å². The summed E-state index contributed by atoms with van der Waals surface area (Å²) in [6.45, 7) is 4.50. The van der Waals surface area contributed by atoms with E-state index in [9.17, 15) is 0 Å². The SMILES string of the molecule is Cc1ccc(N(C)CCCCCO)c(CNC2CC2)c1. The van der Waals surface area contributed by atoms with Crippen LogP contribution in [0.5, 0.6) is 0 Å². The number of aliphatic hydroxyl groups excluding tert-OH is 1. The van der Waals surface area contributed by atoms with Crippen LogP contribution in [0.15, 0.2) is 18.2 Å². The molecule has 1 aliphatic carbocycles. The zero-order valence-electron chi connectivity index (χ0n) is 12.9. The lowest BCUT2D eigenvalue weighted by atomic mass is 10.1. The zero-order valence-corrected chi connectivity index (χ0v) is 12.9. The molecule has 2 N–H and O–H groups in total. The van der Waals surface area contributed by atoms with Crippen LogP contribution in [0.2, 0.25) is 0 Å². The molecule has 0 unspecified atom stereocenters. The number of aliphatic hydroxyl groups is 1. The smallest absolute Gasteiger partial charge is 0.0431 e. The van der Waals surface area contributed by atoms with Gasteiger partial charge in [-0.05, 0) is 50.7 Å². The molecule has 0 aliphatic heterocycles. The van der Waals surface area contributed by atoms with Crippen LogP contribution in [-0.2, 0) is 6.54 Å². The number of hydrogen-bond donors (Lipinski definition) is 2. The highest BCUT2D eigenvalue weighted by atomic mass is 16.2. The maximum atomic E-state index is 8.83. The molecule has 0 aromatic heterocycles. The molecular formula is C17H28N2O. The van der Waals surface area contributed by atoms with E-state index in [1.807, 2.05) is 0 Å². The van der Waals surface area contributed by atoms with Crippen molar-refractivity contribution >= 4 is 5.69 Å². The number of rotatable bonds is 9. The molecule has 0 heterocycles. The highest BCUT2D eigenvalue weighted by Crippen LogP contribution is 2.24. The van der Waals surface area contributed by atoms with Gasteiger partial charge in [0.05, 0.1) is 0 Å². The lowest BCUT2D eigenvalue weighted by molar-refractivity contribution is 0.283. The fraction of sp³-hybridized carbons (Fsp3) is 0.647. The van der Waals surface area contributed by atoms with E-state index in [1.54, 1.807) is 0 Å². The zero-order chi connectivity index (χ0) is 14.4. The van der Waals surface area contributed by atoms with E-state index in [-0.39, 0.29) is 0 Å². The molecule has 0 radical (unpaired) electrons. The van der Waals surface area contributed by atoms with E-state index >= 15 is 0 Å². The van der Waals surface area contributed by atoms with Crippen molar-refractivity contribution < 1.29 is 5.11 Å². The molecule has 3 nitrogen and oxygen atoms in total. The summed E-state index contributed by atoms with van der Waals surface area (Å²) in [5.74, 6) is 0. The Kier molecular flexibility index (Phi) is 5.86. The Morgan fingerprint density at radius 3 is 2.75 bits per heavy atom. The third kappa shape index (κ3) is 4.80. The van der Waals surface area contributed by atoms with Gasteiger partial charge < -0.3 is 15.3 Å². The number of nitrogens with one attached hydrogen (secondary N) is 1. The van der Waals surface area contributed by atoms with Crippen molar-refractivity contribution in [2.75, 3.05) is 25.1 Å². The number of hydrogen-bond acceptors (Lipinski definition) is 3. The first-order chi connectivity index (χ1) is 9.70. The van der Waals surface area contributed by atoms with Crippen LogP contribution in [0.1, 0.15) is 43.2 Å². The molecule has 1 saturated carbocycles. The largest absolute Gasteiger partial charge is 0.396 e. The molecule has 1 fully saturated rings. The predicted molar refractivity (Wildman–Crippen MR) is 85.2 cm³/mol. The molecule has 0 spiro atoms. The van der Waals surface area contributed by atoms with E-state index in [1.165, 1.54) is 29.7 Å². The summed E-state index contributed by atoms with van der Waals surface area (Å²) in [4.78, 5) is 2.35. The van der Waals surface area contributed by atoms with E-state index in [0.29, 0.717) is 6.61 Å². The van der Waals surface area contributed by atoms with Crippen molar-refractivity contribution in [1.82, 2.24) is 5.32 Å². The minimum Gasteiger partial charge on any atom is -0.396 e. The van der Waals surface area contributed by atoms with Crippen molar-refractivity contribution in [3.8, 4) is 0 Å². The Balaban J connectivity index is 1.93. The predicted octanol–water partition coefficient (Wildman–Crippen LogP) is 2.85. The number of benzene rings is 1. The molecule has 0 amide bonds. The molecule has 2 rings (SSSR count). The van der Waals surface area contributed by atoms with Gasteiger partial charge >= 0.3 is 0 Å². The summed E-state index contributed by atoms with van der Waals surface area (Å²) >= 11 is 0. The normalized spacial score (nSPS) is 14.6. The van der Waals surface area contributed by atoms with Gasteiger partial charge in [-0.2, -0.15) is 0 Å². The summed E-state index contributed by atoms with van der Waals surface area (Å²) in [6, 6.07) is 7.48. The van der Waals surface area contributed by atoms with Crippen LogP contribution in [0.3, 0.4) is 0 Å². The lowest BCUT2D eigenvalue weighted by Crippen LogP contribution is -2.23. The summed E-state index contributed by atoms with van der Waals surface area (Å²) in [5.41, 5.74) is 4.07. The fourth-order valence-corrected chi connectivity index (χ4v) is 2.53. The Morgan fingerprint density at radius 1 is 1.25 bits per heavy atom. The van der Waals surface area contributed by atoms with Crippen molar-refractivity contribution in [2.24, 2.45) is 0 Å². The second-order valence-electron chi connectivity index (χ2n) is 5.99. The average Bonchev–Trinajstić information content (AvgIpc) is 3.25. The molecule has 1 aromatic carbocycles. The van der Waals surface area contributed by atoms with Gasteiger partial charge in [0.2, 0.25) is 0 Å². The Hall–Kier alpha value is -1.06. The molecule has 0 saturated heterocycles. The summed E-state index contributed by atoms with van der Waals surface area (Å²) in [6.07, 6.45) is 5.82. The van der Waals surface area contributed by atoms with Gasteiger partial charge in [-0.25, -0.2) is 0 Å². The lowest BCUT2D eigenvalue weighted by Gasteiger charge is -2.23. The van der Waals surface area contributed by atoms with E-state index in [4.69, 9.17) is 5.11 Å². The average molecular weight is 276 g/mol. The van der Waals surface area contributed by atoms with Crippen LogP contribution in [0.25, 0.3) is 0 Å². The first kappa shape index (κ1) is 15.3. The third-order valence-corrected chi connectivity index (χ3v) is 3.96. The first-order valence-corrected chi connectivity index (χ1v) is 7.85. The topological polar surface area (TPSA) is 35.5 Å². The third-order valence-electron chi connectivity index (χ3n) is 3.96. The fourth-order valence-electron chi connectivity index (χ4n) is 2.53. The molecule has 0 bridgehead atoms. The van der Waals surface area contributed by atoms with E-state index in [2.05, 4.69) is 42.4 Å². The Bertz CT molecular complexity index is 415. The highest BCUT2D eigenvalue weighted by molar-refractivity contribution is 5.54. The van der Waals surface area contributed by atoms with Gasteiger partial charge in [-0.15, -0.1) is 0 Å². The molecule has 0 atom stereocenters. The summed E-state index contributed by atoms with van der Waals surface area (Å²) in [5, 5.41) is 12.4. The van der Waals surface area contributed by atoms with E-state index in [0.717, 1.165) is 38.4 Å². The quantitative estimate of drug-likeness (QED) is 0.681. The highest BCUT2D eigenvalue weighted by Gasteiger charge is 2.20. The van der Waals surface area contributed by atoms with Crippen LogP contribution >= 0.6 is 0 Å². The minimum atomic E-state index is 0.310. The summed E-state index contributed by atoms with van der Waals surface area (Å²) < 4.78 is 0. The van der Waals surface area contributed by atoms with Crippen molar-refractivity contribution in [3.05, 3.63) is 29.3 Å². The van der Waals surface area contributed by atoms with Gasteiger partial charge in [0, 0.05) is 38.5 Å². The van der Waals surface area contributed by atoms with Crippen LogP contribution in [-0.4, -0.2) is 31.3 Å². The van der Waals surface area contributed by atoms with Crippen molar-refractivity contribution in [2.45, 2.75) is 51.6 Å². The first-order valence-electron chi connectivity index (χ1n) is 7.85. The second-order valence-corrected chi connectivity index (χ2v) is 5.99. The van der Waals surface area contributed by atoms with Crippen LogP contribution in [0, 0.1) is 6.92 Å². The van der Waals surface area contributed by atoms with Gasteiger partial charge in [-0.1, -0.05) is 17.7 Å². The van der Waals surface area contributed by atoms with Crippen molar-refractivity contribution in [3.63, 3.8) is 0 Å². The summed E-state index contributed by atoms with van der Waals surface area (Å²) in [7, 11) is 2.17. The Morgan fingerprint density at radius 2 is 2.05 bits per heavy atom. The molecule has 1 aromatic rings. The maximum absolute atomic E-state index is 8.83. The molecule has 112 valence electrons. The van der Waals surface area contributed by atoms with E-state index < -0.39 is 0 Å². The van der Waals surface area contributed by atoms with Crippen LogP contribution < -0.4 is 10.2 Å². The van der Waals surface area contributed by atoms with Gasteiger partial charge in [0.1, 0.15) is 0 Å². The van der Waals surface area contributed by atoms with Crippen molar-refractivity contribution in [1.29, 1.82) is 0 Å². The molecule has 1 aliphatic rings. The van der Waals surface area contributed by atoms with Gasteiger partial charge in [-0.3, -0.25) is 0 Å². The number of unbranched alkanes of at least 4 members (excludes halogenated alkanes) is 2. The standard InChI is InChI=1S/C17H28N2O/c1-14-6-9-17(19(2)10-4-3-5-11-20)15(12-14)13-18-16-7-8-16/h6,9,12,16,18,20H,3-5,7-8,10-11,13H2,1-2H3. The number of nitrogens with zero attached hydrogens (tertiary/aromatic N) is 1.